The third-order valence-corrected chi connectivity index (χ3v) is 3.54. The number of nitrogens with zero attached hydrogens (tertiary/aromatic N) is 3. The first-order valence-corrected chi connectivity index (χ1v) is 6.86. The molecular weight excluding hydrogens is 285 g/mol. The maximum atomic E-state index is 14.0. The molecule has 0 unspecified atom stereocenters. The number of hydrogen-bond donors (Lipinski definition) is 0. The zero-order chi connectivity index (χ0) is 15.7. The van der Waals surface area contributed by atoms with Crippen molar-refractivity contribution in [2.75, 3.05) is 7.11 Å². The molecular formula is C16H16FN3O2. The lowest BCUT2D eigenvalue weighted by atomic mass is 10.2. The second kappa shape index (κ2) is 5.63. The molecule has 0 atom stereocenters. The second-order valence-corrected chi connectivity index (χ2v) is 4.97. The summed E-state index contributed by atoms with van der Waals surface area (Å²) < 4.78 is 26.7. The van der Waals surface area contributed by atoms with E-state index in [1.165, 1.54) is 13.2 Å². The molecule has 0 bridgehead atoms. The van der Waals surface area contributed by atoms with E-state index in [2.05, 4.69) is 9.97 Å². The molecule has 3 aromatic rings. The first-order valence-electron chi connectivity index (χ1n) is 6.86. The molecule has 0 aliphatic rings. The van der Waals surface area contributed by atoms with Crippen LogP contribution in [0.25, 0.3) is 11.5 Å². The quantitative estimate of drug-likeness (QED) is 0.741. The zero-order valence-corrected chi connectivity index (χ0v) is 12.6. The Morgan fingerprint density at radius 1 is 1.32 bits per heavy atom. The highest BCUT2D eigenvalue weighted by atomic mass is 19.1. The van der Waals surface area contributed by atoms with Crippen molar-refractivity contribution in [2.24, 2.45) is 0 Å². The van der Waals surface area contributed by atoms with Crippen LogP contribution in [0.3, 0.4) is 0 Å². The van der Waals surface area contributed by atoms with E-state index in [1.807, 2.05) is 24.6 Å². The van der Waals surface area contributed by atoms with Crippen molar-refractivity contribution in [3.63, 3.8) is 0 Å². The number of aromatic nitrogens is 3. The van der Waals surface area contributed by atoms with Crippen molar-refractivity contribution in [3.05, 3.63) is 53.7 Å². The fourth-order valence-corrected chi connectivity index (χ4v) is 2.22. The van der Waals surface area contributed by atoms with Gasteiger partial charge in [0, 0.05) is 12.4 Å². The van der Waals surface area contributed by atoms with Crippen LogP contribution in [-0.2, 0) is 6.54 Å². The van der Waals surface area contributed by atoms with Crippen LogP contribution >= 0.6 is 0 Å². The first kappa shape index (κ1) is 14.3. The molecule has 0 amide bonds. The number of hydrogen-bond acceptors (Lipinski definition) is 4. The van der Waals surface area contributed by atoms with Crippen molar-refractivity contribution in [2.45, 2.75) is 20.4 Å². The molecule has 3 rings (SSSR count). The van der Waals surface area contributed by atoms with E-state index < -0.39 is 5.82 Å². The number of rotatable bonds is 4. The van der Waals surface area contributed by atoms with Crippen LogP contribution in [0.1, 0.15) is 17.3 Å². The summed E-state index contributed by atoms with van der Waals surface area (Å²) >= 11 is 0. The van der Waals surface area contributed by atoms with Gasteiger partial charge in [0.1, 0.15) is 28.8 Å². The van der Waals surface area contributed by atoms with Crippen LogP contribution in [0.2, 0.25) is 0 Å². The Morgan fingerprint density at radius 2 is 2.14 bits per heavy atom. The van der Waals surface area contributed by atoms with Gasteiger partial charge < -0.3 is 13.7 Å². The highest BCUT2D eigenvalue weighted by Crippen LogP contribution is 2.28. The predicted octanol–water partition coefficient (Wildman–Crippen LogP) is 3.35. The Hall–Kier alpha value is -2.63. The van der Waals surface area contributed by atoms with Crippen molar-refractivity contribution in [1.29, 1.82) is 0 Å². The van der Waals surface area contributed by atoms with Crippen LogP contribution in [-0.4, -0.2) is 21.6 Å². The number of aryl methyl sites for hydroxylation is 2. The minimum atomic E-state index is -0.396. The van der Waals surface area contributed by atoms with Crippen LogP contribution in [0.15, 0.2) is 35.0 Å². The van der Waals surface area contributed by atoms with Crippen molar-refractivity contribution in [1.82, 2.24) is 14.5 Å². The van der Waals surface area contributed by atoms with E-state index >= 15 is 0 Å². The highest BCUT2D eigenvalue weighted by Gasteiger charge is 2.16. The molecule has 0 spiro atoms. The fraction of sp³-hybridized carbons (Fsp3) is 0.250. The van der Waals surface area contributed by atoms with E-state index in [0.717, 1.165) is 11.5 Å². The molecule has 0 aliphatic carbocycles. The number of oxazole rings is 1. The predicted molar refractivity (Wildman–Crippen MR) is 79.3 cm³/mol. The van der Waals surface area contributed by atoms with Crippen LogP contribution in [0, 0.1) is 19.7 Å². The third-order valence-electron chi connectivity index (χ3n) is 3.54. The SMILES string of the molecule is COc1ccc(F)c(-c2nc(Cn3ccnc3C)c(C)o2)c1. The summed E-state index contributed by atoms with van der Waals surface area (Å²) in [6.45, 7) is 4.26. The van der Waals surface area contributed by atoms with Crippen LogP contribution in [0.5, 0.6) is 5.75 Å². The Labute approximate surface area is 127 Å². The average Bonchev–Trinajstić information content (AvgIpc) is 3.07. The van der Waals surface area contributed by atoms with Gasteiger partial charge in [-0.15, -0.1) is 0 Å². The molecule has 6 heteroatoms. The molecule has 2 aromatic heterocycles. The van der Waals surface area contributed by atoms with Gasteiger partial charge in [0.2, 0.25) is 5.89 Å². The lowest BCUT2D eigenvalue weighted by Gasteiger charge is -2.03. The summed E-state index contributed by atoms with van der Waals surface area (Å²) in [4.78, 5) is 8.59. The number of imidazole rings is 1. The smallest absolute Gasteiger partial charge is 0.229 e. The minimum absolute atomic E-state index is 0.252. The standard InChI is InChI=1S/C16H16FN3O2/c1-10-15(9-20-7-6-18-11(20)2)19-16(22-10)13-8-12(21-3)4-5-14(13)17/h4-8H,9H2,1-3H3. The summed E-state index contributed by atoms with van der Waals surface area (Å²) in [7, 11) is 1.53. The Balaban J connectivity index is 1.97. The van der Waals surface area contributed by atoms with E-state index in [1.54, 1.807) is 18.3 Å². The van der Waals surface area contributed by atoms with Gasteiger partial charge in [-0.3, -0.25) is 0 Å². The van der Waals surface area contributed by atoms with E-state index in [4.69, 9.17) is 9.15 Å². The average molecular weight is 301 g/mol. The summed E-state index contributed by atoms with van der Waals surface area (Å²) in [6, 6.07) is 4.48. The number of benzene rings is 1. The van der Waals surface area contributed by atoms with Gasteiger partial charge in [0.25, 0.3) is 0 Å². The zero-order valence-electron chi connectivity index (χ0n) is 12.6. The molecule has 5 nitrogen and oxygen atoms in total. The number of methoxy groups -OCH3 is 1. The van der Waals surface area contributed by atoms with Gasteiger partial charge in [-0.05, 0) is 32.0 Å². The molecule has 0 fully saturated rings. The summed E-state index contributed by atoms with van der Waals surface area (Å²) in [5.41, 5.74) is 1.04. The molecule has 0 radical (unpaired) electrons. The van der Waals surface area contributed by atoms with Crippen molar-refractivity contribution in [3.8, 4) is 17.2 Å². The van der Waals surface area contributed by atoms with Gasteiger partial charge in [-0.25, -0.2) is 14.4 Å². The van der Waals surface area contributed by atoms with Crippen molar-refractivity contribution >= 4 is 0 Å². The third kappa shape index (κ3) is 2.59. The van der Waals surface area contributed by atoms with Gasteiger partial charge in [0.05, 0.1) is 19.2 Å². The largest absolute Gasteiger partial charge is 0.497 e. The first-order chi connectivity index (χ1) is 10.6. The normalized spacial score (nSPS) is 10.9. The van der Waals surface area contributed by atoms with Gasteiger partial charge in [-0.1, -0.05) is 0 Å². The van der Waals surface area contributed by atoms with Crippen molar-refractivity contribution < 1.29 is 13.5 Å². The molecule has 0 aliphatic heterocycles. The lowest BCUT2D eigenvalue weighted by Crippen LogP contribution is -2.02. The Morgan fingerprint density at radius 3 is 2.82 bits per heavy atom. The highest BCUT2D eigenvalue weighted by molar-refractivity contribution is 5.57. The lowest BCUT2D eigenvalue weighted by molar-refractivity contribution is 0.413. The second-order valence-electron chi connectivity index (χ2n) is 4.97. The minimum Gasteiger partial charge on any atom is -0.497 e. The maximum Gasteiger partial charge on any atom is 0.229 e. The molecule has 2 heterocycles. The molecule has 0 saturated carbocycles. The molecule has 0 saturated heterocycles. The topological polar surface area (TPSA) is 53.1 Å². The van der Waals surface area contributed by atoms with E-state index in [0.29, 0.717) is 18.1 Å². The Bertz CT molecular complexity index is 808. The fourth-order valence-electron chi connectivity index (χ4n) is 2.22. The molecule has 22 heavy (non-hydrogen) atoms. The molecule has 1 aromatic carbocycles. The van der Waals surface area contributed by atoms with Gasteiger partial charge in [0.15, 0.2) is 0 Å². The number of ether oxygens (including phenoxy) is 1. The molecule has 114 valence electrons. The molecule has 0 N–H and O–H groups in total. The van der Waals surface area contributed by atoms with E-state index in [-0.39, 0.29) is 11.5 Å². The summed E-state index contributed by atoms with van der Waals surface area (Å²) in [5, 5.41) is 0. The van der Waals surface area contributed by atoms with E-state index in [9.17, 15) is 4.39 Å². The van der Waals surface area contributed by atoms with Gasteiger partial charge in [-0.2, -0.15) is 0 Å². The summed E-state index contributed by atoms with van der Waals surface area (Å²) in [6.07, 6.45) is 3.60. The number of halogens is 1. The van der Waals surface area contributed by atoms with Crippen LogP contribution < -0.4 is 4.74 Å². The maximum absolute atomic E-state index is 14.0. The summed E-state index contributed by atoms with van der Waals surface area (Å²) in [5.74, 6) is 1.95. The van der Waals surface area contributed by atoms with Gasteiger partial charge >= 0.3 is 0 Å². The monoisotopic (exact) mass is 301 g/mol. The Kier molecular flexibility index (Phi) is 3.66. The van der Waals surface area contributed by atoms with Crippen LogP contribution in [0.4, 0.5) is 4.39 Å².